The van der Waals surface area contributed by atoms with Crippen LogP contribution in [0.4, 0.5) is 5.69 Å². The SMILES string of the molecule is CCCC(=O)Nc1ccc(C=O)cc1.NC1CCCCC1.NCCCC(N)C(=O)O.O=C(O)Cc1ccc(Br)cc1. The summed E-state index contributed by atoms with van der Waals surface area (Å²) in [5.74, 6) is -1.75. The number of aldehydes is 1. The van der Waals surface area contributed by atoms with Crippen LogP contribution in [0.3, 0.4) is 0 Å². The van der Waals surface area contributed by atoms with E-state index in [9.17, 15) is 19.2 Å². The Morgan fingerprint density at radius 1 is 1.02 bits per heavy atom. The van der Waals surface area contributed by atoms with Crippen molar-refractivity contribution in [3.8, 4) is 0 Å². The maximum absolute atomic E-state index is 11.2. The largest absolute Gasteiger partial charge is 0.481 e. The molecule has 11 heteroatoms. The summed E-state index contributed by atoms with van der Waals surface area (Å²) >= 11 is 3.26. The second-order valence-electron chi connectivity index (χ2n) is 9.51. The van der Waals surface area contributed by atoms with Gasteiger partial charge in [0, 0.05) is 28.2 Å². The van der Waals surface area contributed by atoms with Gasteiger partial charge in [-0.1, -0.05) is 54.2 Å². The molecule has 0 saturated heterocycles. The molecule has 0 aliphatic heterocycles. The number of nitrogens with two attached hydrogens (primary N) is 3. The van der Waals surface area contributed by atoms with Crippen molar-refractivity contribution in [3.63, 3.8) is 0 Å². The van der Waals surface area contributed by atoms with Gasteiger partial charge in [-0.05, 0) is 80.6 Å². The Morgan fingerprint density at radius 3 is 2.02 bits per heavy atom. The number of benzene rings is 2. The van der Waals surface area contributed by atoms with Gasteiger partial charge in [0.2, 0.25) is 5.91 Å². The number of aliphatic carboxylic acids is 2. The van der Waals surface area contributed by atoms with Gasteiger partial charge in [-0.2, -0.15) is 0 Å². The van der Waals surface area contributed by atoms with E-state index in [1.54, 1.807) is 36.4 Å². The van der Waals surface area contributed by atoms with Gasteiger partial charge < -0.3 is 32.7 Å². The molecule has 1 amide bonds. The minimum Gasteiger partial charge on any atom is -0.481 e. The first-order chi connectivity index (χ1) is 19.5. The molecule has 9 N–H and O–H groups in total. The number of carboxylic acids is 2. The van der Waals surface area contributed by atoms with E-state index >= 15 is 0 Å². The number of hydrogen-bond donors (Lipinski definition) is 6. The van der Waals surface area contributed by atoms with Crippen LogP contribution in [0.1, 0.15) is 80.6 Å². The van der Waals surface area contributed by atoms with Crippen LogP contribution in [0, 0.1) is 0 Å². The van der Waals surface area contributed by atoms with Crippen molar-refractivity contribution in [1.82, 2.24) is 0 Å². The van der Waals surface area contributed by atoms with Crippen molar-refractivity contribution in [3.05, 3.63) is 64.1 Å². The lowest BCUT2D eigenvalue weighted by Gasteiger charge is -2.15. The summed E-state index contributed by atoms with van der Waals surface area (Å²) < 4.78 is 0.964. The minimum atomic E-state index is -0.955. The Labute approximate surface area is 251 Å². The molecule has 1 aliphatic rings. The standard InChI is InChI=1S/C11H13NO2.C8H7BrO2.C6H13N.C5H12N2O2/c1-2-3-11(14)12-10-6-4-9(8-13)5-7-10;9-7-3-1-6(2-4-7)5-8(10)11;7-6-4-2-1-3-5-6;6-3-1-2-4(7)5(8)9/h4-8H,2-3H2,1H3,(H,12,14);1-4H,5H2,(H,10,11);6H,1-5,7H2;4H,1-3,6-7H2,(H,8,9). The number of nitrogens with one attached hydrogen (secondary N) is 1. The van der Waals surface area contributed by atoms with Gasteiger partial charge in [-0.25, -0.2) is 0 Å². The van der Waals surface area contributed by atoms with Crippen LogP contribution in [-0.2, 0) is 20.8 Å². The second kappa shape index (κ2) is 23.6. The van der Waals surface area contributed by atoms with Crippen LogP contribution >= 0.6 is 15.9 Å². The van der Waals surface area contributed by atoms with E-state index in [0.717, 1.165) is 28.4 Å². The van der Waals surface area contributed by atoms with Crippen molar-refractivity contribution in [2.45, 2.75) is 83.2 Å². The smallest absolute Gasteiger partial charge is 0.320 e. The maximum atomic E-state index is 11.2. The molecular formula is C30H45BrN4O6. The van der Waals surface area contributed by atoms with Crippen LogP contribution in [0.25, 0.3) is 0 Å². The summed E-state index contributed by atoms with van der Waals surface area (Å²) in [4.78, 5) is 41.8. The normalized spacial score (nSPS) is 13.0. The Morgan fingerprint density at radius 2 is 1.61 bits per heavy atom. The molecular weight excluding hydrogens is 592 g/mol. The monoisotopic (exact) mass is 636 g/mol. The third kappa shape index (κ3) is 21.3. The molecule has 1 atom stereocenters. The topological polar surface area (TPSA) is 199 Å². The predicted molar refractivity (Wildman–Crippen MR) is 166 cm³/mol. The van der Waals surface area contributed by atoms with Gasteiger partial charge in [0.15, 0.2) is 0 Å². The molecule has 41 heavy (non-hydrogen) atoms. The molecule has 2 aromatic carbocycles. The van der Waals surface area contributed by atoms with Crippen molar-refractivity contribution >= 4 is 45.7 Å². The number of hydrogen-bond acceptors (Lipinski definition) is 7. The fourth-order valence-electron chi connectivity index (χ4n) is 3.47. The van der Waals surface area contributed by atoms with Crippen LogP contribution in [-0.4, -0.2) is 53.0 Å². The first-order valence-corrected chi connectivity index (χ1v) is 14.6. The molecule has 2 aromatic rings. The number of anilines is 1. The highest BCUT2D eigenvalue weighted by atomic mass is 79.9. The van der Waals surface area contributed by atoms with Crippen LogP contribution in [0.5, 0.6) is 0 Å². The molecule has 3 rings (SSSR count). The molecule has 0 aromatic heterocycles. The van der Waals surface area contributed by atoms with Gasteiger partial charge in [-0.15, -0.1) is 0 Å². The Balaban J connectivity index is 0.000000536. The van der Waals surface area contributed by atoms with E-state index in [1.165, 1.54) is 32.1 Å². The van der Waals surface area contributed by atoms with E-state index in [0.29, 0.717) is 37.4 Å². The third-order valence-electron chi connectivity index (χ3n) is 5.76. The Hall–Kier alpha value is -3.12. The predicted octanol–water partition coefficient (Wildman–Crippen LogP) is 4.73. The van der Waals surface area contributed by atoms with E-state index in [-0.39, 0.29) is 12.3 Å². The molecule has 0 spiro atoms. The number of carbonyl (C=O) groups is 4. The van der Waals surface area contributed by atoms with E-state index in [2.05, 4.69) is 21.2 Å². The Bertz CT molecular complexity index is 1010. The van der Waals surface area contributed by atoms with Crippen LogP contribution < -0.4 is 22.5 Å². The molecule has 1 fully saturated rings. The third-order valence-corrected chi connectivity index (χ3v) is 6.29. The highest BCUT2D eigenvalue weighted by molar-refractivity contribution is 9.10. The van der Waals surface area contributed by atoms with Crippen LogP contribution in [0.2, 0.25) is 0 Å². The fourth-order valence-corrected chi connectivity index (χ4v) is 3.73. The van der Waals surface area contributed by atoms with E-state index < -0.39 is 18.0 Å². The number of carboxylic acid groups (broad SMARTS) is 2. The summed E-state index contributed by atoms with van der Waals surface area (Å²) in [6.45, 7) is 2.45. The van der Waals surface area contributed by atoms with Crippen molar-refractivity contribution in [2.75, 3.05) is 11.9 Å². The minimum absolute atomic E-state index is 0.00588. The summed E-state index contributed by atoms with van der Waals surface area (Å²) in [7, 11) is 0. The lowest BCUT2D eigenvalue weighted by molar-refractivity contribution is -0.139. The van der Waals surface area contributed by atoms with Gasteiger partial charge in [0.25, 0.3) is 0 Å². The number of rotatable bonds is 10. The first kappa shape index (κ1) is 37.9. The molecule has 0 heterocycles. The molecule has 1 aliphatic carbocycles. The molecule has 0 radical (unpaired) electrons. The molecule has 228 valence electrons. The lowest BCUT2D eigenvalue weighted by atomic mass is 9.97. The van der Waals surface area contributed by atoms with E-state index in [4.69, 9.17) is 27.4 Å². The summed E-state index contributed by atoms with van der Waals surface area (Å²) in [6.07, 6.45) is 10.0. The quantitative estimate of drug-likeness (QED) is 0.199. The Kier molecular flexibility index (Phi) is 21.8. The van der Waals surface area contributed by atoms with Gasteiger partial charge in [0.1, 0.15) is 12.3 Å². The summed E-state index contributed by atoms with van der Waals surface area (Å²) in [5, 5.41) is 19.4. The maximum Gasteiger partial charge on any atom is 0.320 e. The fraction of sp³-hybridized carbons (Fsp3) is 0.467. The summed E-state index contributed by atoms with van der Waals surface area (Å²) in [6, 6.07) is 13.8. The zero-order valence-electron chi connectivity index (χ0n) is 23.8. The molecule has 1 saturated carbocycles. The van der Waals surface area contributed by atoms with Gasteiger partial charge in [0.05, 0.1) is 6.42 Å². The van der Waals surface area contributed by atoms with E-state index in [1.807, 2.05) is 19.1 Å². The van der Waals surface area contributed by atoms with Crippen LogP contribution in [0.15, 0.2) is 53.0 Å². The lowest BCUT2D eigenvalue weighted by Crippen LogP contribution is -2.30. The van der Waals surface area contributed by atoms with Gasteiger partial charge >= 0.3 is 11.9 Å². The molecule has 0 bridgehead atoms. The highest BCUT2D eigenvalue weighted by Crippen LogP contribution is 2.15. The molecule has 10 nitrogen and oxygen atoms in total. The van der Waals surface area contributed by atoms with Crippen molar-refractivity contribution < 1.29 is 29.4 Å². The average Bonchev–Trinajstić information content (AvgIpc) is 2.95. The first-order valence-electron chi connectivity index (χ1n) is 13.8. The second-order valence-corrected chi connectivity index (χ2v) is 10.4. The number of halogens is 1. The molecule has 1 unspecified atom stereocenters. The van der Waals surface area contributed by atoms with Crippen molar-refractivity contribution in [2.24, 2.45) is 17.2 Å². The highest BCUT2D eigenvalue weighted by Gasteiger charge is 2.09. The average molecular weight is 638 g/mol. The number of carbonyl (C=O) groups excluding carboxylic acids is 2. The number of amides is 1. The zero-order valence-corrected chi connectivity index (χ0v) is 25.4. The summed E-state index contributed by atoms with van der Waals surface area (Å²) in [5.41, 5.74) is 18.1. The van der Waals surface area contributed by atoms with Crippen molar-refractivity contribution in [1.29, 1.82) is 0 Å². The van der Waals surface area contributed by atoms with Gasteiger partial charge in [-0.3, -0.25) is 19.2 Å². The zero-order chi connectivity index (χ0) is 31.0.